The van der Waals surface area contributed by atoms with Crippen molar-refractivity contribution < 1.29 is 19.1 Å². The molecule has 2 saturated heterocycles. The molecule has 2 N–H and O–H groups in total. The lowest BCUT2D eigenvalue weighted by Crippen LogP contribution is -2.36. The monoisotopic (exact) mass is 451 g/mol. The molecule has 9 nitrogen and oxygen atoms in total. The van der Waals surface area contributed by atoms with Gasteiger partial charge in [-0.05, 0) is 55.0 Å². The van der Waals surface area contributed by atoms with E-state index >= 15 is 0 Å². The lowest BCUT2D eigenvalue weighted by molar-refractivity contribution is -0.116. The summed E-state index contributed by atoms with van der Waals surface area (Å²) in [5, 5.41) is 5.62. The number of carbonyl (C=O) groups excluding carboxylic acids is 3. The third kappa shape index (κ3) is 5.25. The number of hydrogen-bond donors (Lipinski definition) is 2. The Labute approximate surface area is 193 Å². The van der Waals surface area contributed by atoms with Gasteiger partial charge < -0.3 is 25.2 Å². The van der Waals surface area contributed by atoms with E-state index in [1.54, 1.807) is 30.1 Å². The number of likely N-dealkylation sites (N-methyl/N-ethyl adjacent to an activating group) is 1. The lowest BCUT2D eigenvalue weighted by Gasteiger charge is -2.28. The van der Waals surface area contributed by atoms with E-state index in [0.29, 0.717) is 37.6 Å². The van der Waals surface area contributed by atoms with E-state index in [4.69, 9.17) is 4.74 Å². The van der Waals surface area contributed by atoms with Gasteiger partial charge in [-0.1, -0.05) is 0 Å². The highest BCUT2D eigenvalue weighted by Crippen LogP contribution is 2.23. The fraction of sp³-hybridized carbons (Fsp3) is 0.375. The van der Waals surface area contributed by atoms with Crippen LogP contribution in [0.5, 0.6) is 0 Å². The van der Waals surface area contributed by atoms with Crippen molar-refractivity contribution in [1.82, 2.24) is 10.2 Å². The summed E-state index contributed by atoms with van der Waals surface area (Å²) in [6.07, 6.45) is 0. The van der Waals surface area contributed by atoms with Gasteiger partial charge in [-0.25, -0.2) is 4.79 Å². The van der Waals surface area contributed by atoms with Gasteiger partial charge in [0.2, 0.25) is 5.91 Å². The van der Waals surface area contributed by atoms with Gasteiger partial charge in [0.05, 0.1) is 19.8 Å². The smallest absolute Gasteiger partial charge is 0.322 e. The van der Waals surface area contributed by atoms with Gasteiger partial charge in [0, 0.05) is 55.9 Å². The Hall–Kier alpha value is -3.59. The molecule has 33 heavy (non-hydrogen) atoms. The van der Waals surface area contributed by atoms with Crippen LogP contribution in [0.1, 0.15) is 15.9 Å². The van der Waals surface area contributed by atoms with Crippen molar-refractivity contribution in [2.24, 2.45) is 0 Å². The number of benzene rings is 2. The number of aryl methyl sites for hydroxylation is 1. The second-order valence-electron chi connectivity index (χ2n) is 8.24. The van der Waals surface area contributed by atoms with Crippen LogP contribution in [0.2, 0.25) is 0 Å². The number of nitrogens with zero attached hydrogens (tertiary/aromatic N) is 3. The van der Waals surface area contributed by atoms with Gasteiger partial charge in [0.1, 0.15) is 0 Å². The minimum Gasteiger partial charge on any atom is -0.378 e. The molecule has 2 aromatic carbocycles. The molecule has 0 aliphatic carbocycles. The molecule has 0 atom stereocenters. The second-order valence-corrected chi connectivity index (χ2v) is 8.24. The quantitative estimate of drug-likeness (QED) is 0.701. The molecule has 0 aromatic heterocycles. The Morgan fingerprint density at radius 1 is 1.09 bits per heavy atom. The molecule has 4 rings (SSSR count). The van der Waals surface area contributed by atoms with Gasteiger partial charge in [-0.2, -0.15) is 0 Å². The van der Waals surface area contributed by atoms with Crippen molar-refractivity contribution in [2.45, 2.75) is 6.92 Å². The van der Waals surface area contributed by atoms with Crippen LogP contribution in [0.25, 0.3) is 0 Å². The highest BCUT2D eigenvalue weighted by molar-refractivity contribution is 6.00. The Morgan fingerprint density at radius 3 is 2.45 bits per heavy atom. The SMILES string of the molecule is Cc1cc(C(=O)N(C)CC(=O)Nc2ccc(N3CCOCC3)cc2)ccc1N1CCNC1=O. The number of urea groups is 1. The minimum absolute atomic E-state index is 0.0701. The molecule has 2 aliphatic heterocycles. The Bertz CT molecular complexity index is 1030. The molecule has 2 heterocycles. The summed E-state index contributed by atoms with van der Waals surface area (Å²) < 4.78 is 5.38. The molecular formula is C24H29N5O4. The molecule has 174 valence electrons. The topological polar surface area (TPSA) is 94.2 Å². The number of nitrogens with one attached hydrogen (secondary N) is 2. The maximum absolute atomic E-state index is 12.8. The number of amides is 4. The lowest BCUT2D eigenvalue weighted by atomic mass is 10.1. The molecular weight excluding hydrogens is 422 g/mol. The van der Waals surface area contributed by atoms with Crippen LogP contribution in [0.3, 0.4) is 0 Å². The third-order valence-electron chi connectivity index (χ3n) is 5.85. The Morgan fingerprint density at radius 2 is 1.82 bits per heavy atom. The number of hydrogen-bond acceptors (Lipinski definition) is 5. The van der Waals surface area contributed by atoms with Crippen molar-refractivity contribution in [3.63, 3.8) is 0 Å². The average molecular weight is 452 g/mol. The zero-order chi connectivity index (χ0) is 23.4. The van der Waals surface area contributed by atoms with E-state index < -0.39 is 0 Å². The summed E-state index contributed by atoms with van der Waals surface area (Å²) in [6.45, 7) is 6.13. The zero-order valence-corrected chi connectivity index (χ0v) is 19.0. The van der Waals surface area contributed by atoms with Crippen LogP contribution in [0.4, 0.5) is 21.9 Å². The number of rotatable bonds is 6. The third-order valence-corrected chi connectivity index (χ3v) is 5.85. The molecule has 0 saturated carbocycles. The maximum Gasteiger partial charge on any atom is 0.322 e. The van der Waals surface area contributed by atoms with E-state index in [1.807, 2.05) is 31.2 Å². The van der Waals surface area contributed by atoms with Crippen LogP contribution in [-0.4, -0.2) is 75.7 Å². The van der Waals surface area contributed by atoms with Gasteiger partial charge in [-0.15, -0.1) is 0 Å². The fourth-order valence-electron chi connectivity index (χ4n) is 4.08. The number of anilines is 3. The minimum atomic E-state index is -0.271. The van der Waals surface area contributed by atoms with Crippen LogP contribution < -0.4 is 20.4 Å². The van der Waals surface area contributed by atoms with Gasteiger partial charge in [0.15, 0.2) is 0 Å². The summed E-state index contributed by atoms with van der Waals surface area (Å²) in [5.41, 5.74) is 3.86. The van der Waals surface area contributed by atoms with Crippen molar-refractivity contribution in [1.29, 1.82) is 0 Å². The first-order chi connectivity index (χ1) is 15.9. The highest BCUT2D eigenvalue weighted by Gasteiger charge is 2.23. The summed E-state index contributed by atoms with van der Waals surface area (Å²) in [6, 6.07) is 12.8. The molecule has 2 aliphatic rings. The van der Waals surface area contributed by atoms with Crippen LogP contribution >= 0.6 is 0 Å². The largest absolute Gasteiger partial charge is 0.378 e. The van der Waals surface area contributed by atoms with Crippen molar-refractivity contribution in [2.75, 3.05) is 68.1 Å². The van der Waals surface area contributed by atoms with Crippen LogP contribution in [0.15, 0.2) is 42.5 Å². The van der Waals surface area contributed by atoms with E-state index in [-0.39, 0.29) is 24.4 Å². The molecule has 4 amide bonds. The standard InChI is InChI=1S/C24H29N5O4/c1-17-15-18(3-8-21(17)29-10-9-25-24(29)32)23(31)27(2)16-22(30)26-19-4-6-20(7-5-19)28-11-13-33-14-12-28/h3-8,15H,9-14,16H2,1-2H3,(H,25,32)(H,26,30). The van der Waals surface area contributed by atoms with E-state index in [0.717, 1.165) is 30.0 Å². The van der Waals surface area contributed by atoms with Crippen LogP contribution in [-0.2, 0) is 9.53 Å². The second kappa shape index (κ2) is 9.91. The normalized spacial score (nSPS) is 15.9. The van der Waals surface area contributed by atoms with E-state index in [2.05, 4.69) is 15.5 Å². The predicted octanol–water partition coefficient (Wildman–Crippen LogP) is 2.07. The fourth-order valence-corrected chi connectivity index (χ4v) is 4.08. The molecule has 0 bridgehead atoms. The summed E-state index contributed by atoms with van der Waals surface area (Å²) >= 11 is 0. The number of ether oxygens (including phenoxy) is 1. The van der Waals surface area contributed by atoms with Gasteiger partial charge in [-0.3, -0.25) is 14.5 Å². The summed E-state index contributed by atoms with van der Waals surface area (Å²) in [5.74, 6) is -0.527. The van der Waals surface area contributed by atoms with Crippen molar-refractivity contribution >= 4 is 34.9 Å². The number of carbonyl (C=O) groups is 3. The highest BCUT2D eigenvalue weighted by atomic mass is 16.5. The van der Waals surface area contributed by atoms with Crippen molar-refractivity contribution in [3.05, 3.63) is 53.6 Å². The van der Waals surface area contributed by atoms with E-state index in [1.165, 1.54) is 4.90 Å². The van der Waals surface area contributed by atoms with Crippen molar-refractivity contribution in [3.8, 4) is 0 Å². The summed E-state index contributed by atoms with van der Waals surface area (Å²) in [7, 11) is 1.60. The average Bonchev–Trinajstić information content (AvgIpc) is 3.25. The molecule has 9 heteroatoms. The van der Waals surface area contributed by atoms with Crippen LogP contribution in [0, 0.1) is 6.92 Å². The van der Waals surface area contributed by atoms with Gasteiger partial charge in [0.25, 0.3) is 5.91 Å². The molecule has 0 spiro atoms. The zero-order valence-electron chi connectivity index (χ0n) is 19.0. The van der Waals surface area contributed by atoms with Gasteiger partial charge >= 0.3 is 6.03 Å². The molecule has 0 radical (unpaired) electrons. The first-order valence-electron chi connectivity index (χ1n) is 11.1. The molecule has 0 unspecified atom stereocenters. The predicted molar refractivity (Wildman–Crippen MR) is 127 cm³/mol. The first-order valence-corrected chi connectivity index (χ1v) is 11.1. The molecule has 2 fully saturated rings. The van der Waals surface area contributed by atoms with E-state index in [9.17, 15) is 14.4 Å². The number of morpholine rings is 1. The molecule has 2 aromatic rings. The Balaban J connectivity index is 1.33. The summed E-state index contributed by atoms with van der Waals surface area (Å²) in [4.78, 5) is 42.5. The Kier molecular flexibility index (Phi) is 6.79. The first kappa shape index (κ1) is 22.6. The maximum atomic E-state index is 12.8.